The number of aryl methyl sites for hydroxylation is 1. The molecule has 3 nitrogen and oxygen atoms in total. The van der Waals surface area contributed by atoms with Gasteiger partial charge in [0.25, 0.3) is 0 Å². The molecular formula is C15H23NO2. The first-order valence-corrected chi connectivity index (χ1v) is 6.54. The summed E-state index contributed by atoms with van der Waals surface area (Å²) in [7, 11) is 0. The van der Waals surface area contributed by atoms with E-state index in [9.17, 15) is 4.79 Å². The molecule has 0 amide bonds. The summed E-state index contributed by atoms with van der Waals surface area (Å²) in [6, 6.07) is 7.42. The Labute approximate surface area is 110 Å². The van der Waals surface area contributed by atoms with Gasteiger partial charge < -0.3 is 10.1 Å². The summed E-state index contributed by atoms with van der Waals surface area (Å²) in [5, 5.41) is 3.26. The number of ether oxygens (including phenoxy) is 1. The molecule has 0 radical (unpaired) electrons. The standard InChI is InChI=1S/C15H23NO2/c1-12(2)8-9-16-10-11-18-15(17)14-6-4-13(3)5-7-14/h4-7,12,16H,8-11H2,1-3H3. The Kier molecular flexibility index (Phi) is 6.44. The summed E-state index contributed by atoms with van der Waals surface area (Å²) in [4.78, 5) is 11.6. The van der Waals surface area contributed by atoms with E-state index in [0.717, 1.165) is 18.5 Å². The largest absolute Gasteiger partial charge is 0.461 e. The minimum atomic E-state index is -0.249. The van der Waals surface area contributed by atoms with E-state index in [2.05, 4.69) is 19.2 Å². The van der Waals surface area contributed by atoms with Crippen molar-refractivity contribution < 1.29 is 9.53 Å². The fourth-order valence-electron chi connectivity index (χ4n) is 1.50. The Morgan fingerprint density at radius 1 is 1.22 bits per heavy atom. The van der Waals surface area contributed by atoms with Crippen molar-refractivity contribution in [2.45, 2.75) is 27.2 Å². The summed E-state index contributed by atoms with van der Waals surface area (Å²) in [6.07, 6.45) is 1.14. The Morgan fingerprint density at radius 2 is 1.89 bits per heavy atom. The maximum Gasteiger partial charge on any atom is 0.338 e. The van der Waals surface area contributed by atoms with Gasteiger partial charge in [0.15, 0.2) is 0 Å². The highest BCUT2D eigenvalue weighted by molar-refractivity contribution is 5.89. The number of carbonyl (C=O) groups is 1. The first-order chi connectivity index (χ1) is 8.59. The van der Waals surface area contributed by atoms with E-state index >= 15 is 0 Å². The zero-order valence-electron chi connectivity index (χ0n) is 11.5. The van der Waals surface area contributed by atoms with Crippen molar-refractivity contribution in [3.05, 3.63) is 35.4 Å². The summed E-state index contributed by atoms with van der Waals surface area (Å²) >= 11 is 0. The number of hydrogen-bond donors (Lipinski definition) is 1. The average molecular weight is 249 g/mol. The Bertz CT molecular complexity index is 357. The summed E-state index contributed by atoms with van der Waals surface area (Å²) < 4.78 is 5.17. The third-order valence-corrected chi connectivity index (χ3v) is 2.70. The Hall–Kier alpha value is -1.35. The van der Waals surface area contributed by atoms with Gasteiger partial charge in [-0.05, 0) is 37.9 Å². The number of nitrogens with one attached hydrogen (secondary N) is 1. The molecule has 0 atom stereocenters. The second-order valence-corrected chi connectivity index (χ2v) is 4.93. The predicted octanol–water partition coefficient (Wildman–Crippen LogP) is 2.79. The summed E-state index contributed by atoms with van der Waals surface area (Å²) in [6.45, 7) is 8.49. The molecular weight excluding hydrogens is 226 g/mol. The van der Waals surface area contributed by atoms with Crippen molar-refractivity contribution in [3.8, 4) is 0 Å². The second-order valence-electron chi connectivity index (χ2n) is 4.93. The van der Waals surface area contributed by atoms with Crippen LogP contribution in [0.4, 0.5) is 0 Å². The molecule has 18 heavy (non-hydrogen) atoms. The van der Waals surface area contributed by atoms with Crippen molar-refractivity contribution >= 4 is 5.97 Å². The molecule has 0 fully saturated rings. The minimum absolute atomic E-state index is 0.249. The highest BCUT2D eigenvalue weighted by atomic mass is 16.5. The molecule has 1 N–H and O–H groups in total. The zero-order chi connectivity index (χ0) is 13.4. The zero-order valence-corrected chi connectivity index (χ0v) is 11.5. The van der Waals surface area contributed by atoms with Crippen molar-refractivity contribution in [3.63, 3.8) is 0 Å². The molecule has 0 aliphatic carbocycles. The molecule has 0 aromatic heterocycles. The lowest BCUT2D eigenvalue weighted by molar-refractivity contribution is 0.0508. The molecule has 0 saturated heterocycles. The first kappa shape index (κ1) is 14.7. The predicted molar refractivity (Wildman–Crippen MR) is 73.8 cm³/mol. The van der Waals surface area contributed by atoms with Gasteiger partial charge in [-0.25, -0.2) is 4.79 Å². The van der Waals surface area contributed by atoms with Crippen molar-refractivity contribution in [1.29, 1.82) is 0 Å². The molecule has 0 saturated carbocycles. The van der Waals surface area contributed by atoms with Crippen molar-refractivity contribution in [2.24, 2.45) is 5.92 Å². The Morgan fingerprint density at radius 3 is 2.50 bits per heavy atom. The van der Waals surface area contributed by atoms with Crippen LogP contribution >= 0.6 is 0 Å². The highest BCUT2D eigenvalue weighted by Crippen LogP contribution is 2.04. The van der Waals surface area contributed by atoms with E-state index < -0.39 is 0 Å². The SMILES string of the molecule is Cc1ccc(C(=O)OCCNCCC(C)C)cc1. The van der Waals surface area contributed by atoms with E-state index in [1.54, 1.807) is 12.1 Å². The van der Waals surface area contributed by atoms with Gasteiger partial charge in [-0.3, -0.25) is 0 Å². The van der Waals surface area contributed by atoms with E-state index in [4.69, 9.17) is 4.74 Å². The molecule has 1 aromatic carbocycles. The van der Waals surface area contributed by atoms with E-state index in [1.165, 1.54) is 0 Å². The van der Waals surface area contributed by atoms with Gasteiger partial charge in [0.2, 0.25) is 0 Å². The average Bonchev–Trinajstić information content (AvgIpc) is 2.34. The molecule has 3 heteroatoms. The maximum absolute atomic E-state index is 11.6. The van der Waals surface area contributed by atoms with Gasteiger partial charge in [0.05, 0.1) is 5.56 Å². The summed E-state index contributed by atoms with van der Waals surface area (Å²) in [5.74, 6) is 0.452. The quantitative estimate of drug-likeness (QED) is 0.596. The van der Waals surface area contributed by atoms with Crippen molar-refractivity contribution in [1.82, 2.24) is 5.32 Å². The lowest BCUT2D eigenvalue weighted by Crippen LogP contribution is -2.23. The molecule has 0 aliphatic heterocycles. The number of esters is 1. The minimum Gasteiger partial charge on any atom is -0.461 e. The van der Waals surface area contributed by atoms with Crippen LogP contribution in [-0.2, 0) is 4.74 Å². The van der Waals surface area contributed by atoms with Crippen LogP contribution in [0.3, 0.4) is 0 Å². The van der Waals surface area contributed by atoms with Crippen LogP contribution in [0.15, 0.2) is 24.3 Å². The lowest BCUT2D eigenvalue weighted by atomic mass is 10.1. The van der Waals surface area contributed by atoms with Crippen LogP contribution in [-0.4, -0.2) is 25.7 Å². The van der Waals surface area contributed by atoms with Crippen LogP contribution in [0.25, 0.3) is 0 Å². The van der Waals surface area contributed by atoms with Crippen LogP contribution in [0, 0.1) is 12.8 Å². The smallest absolute Gasteiger partial charge is 0.338 e. The van der Waals surface area contributed by atoms with Gasteiger partial charge in [0, 0.05) is 6.54 Å². The highest BCUT2D eigenvalue weighted by Gasteiger charge is 2.05. The van der Waals surface area contributed by atoms with Crippen LogP contribution in [0.2, 0.25) is 0 Å². The van der Waals surface area contributed by atoms with Gasteiger partial charge in [0.1, 0.15) is 6.61 Å². The van der Waals surface area contributed by atoms with E-state index in [0.29, 0.717) is 24.6 Å². The molecule has 0 bridgehead atoms. The number of hydrogen-bond acceptors (Lipinski definition) is 3. The lowest BCUT2D eigenvalue weighted by Gasteiger charge is -2.08. The van der Waals surface area contributed by atoms with Crippen LogP contribution < -0.4 is 5.32 Å². The third-order valence-electron chi connectivity index (χ3n) is 2.70. The molecule has 0 aliphatic rings. The monoisotopic (exact) mass is 249 g/mol. The molecule has 1 rings (SSSR count). The fourth-order valence-corrected chi connectivity index (χ4v) is 1.50. The topological polar surface area (TPSA) is 38.3 Å². The normalized spacial score (nSPS) is 10.7. The first-order valence-electron chi connectivity index (χ1n) is 6.54. The van der Waals surface area contributed by atoms with E-state index in [1.807, 2.05) is 19.1 Å². The number of benzene rings is 1. The fraction of sp³-hybridized carbons (Fsp3) is 0.533. The molecule has 100 valence electrons. The van der Waals surface area contributed by atoms with Crippen LogP contribution in [0.1, 0.15) is 36.2 Å². The van der Waals surface area contributed by atoms with E-state index in [-0.39, 0.29) is 5.97 Å². The van der Waals surface area contributed by atoms with Gasteiger partial charge in [-0.2, -0.15) is 0 Å². The Balaban J connectivity index is 2.16. The molecule has 1 aromatic rings. The number of rotatable bonds is 7. The number of carbonyl (C=O) groups excluding carboxylic acids is 1. The maximum atomic E-state index is 11.6. The van der Waals surface area contributed by atoms with Gasteiger partial charge in [-0.15, -0.1) is 0 Å². The summed E-state index contributed by atoms with van der Waals surface area (Å²) in [5.41, 5.74) is 1.75. The second kappa shape index (κ2) is 7.88. The molecule has 0 heterocycles. The molecule has 0 unspecified atom stereocenters. The van der Waals surface area contributed by atoms with Crippen molar-refractivity contribution in [2.75, 3.05) is 19.7 Å². The van der Waals surface area contributed by atoms with Crippen LogP contribution in [0.5, 0.6) is 0 Å². The van der Waals surface area contributed by atoms with Gasteiger partial charge >= 0.3 is 5.97 Å². The molecule has 0 spiro atoms. The third kappa shape index (κ3) is 5.82. The van der Waals surface area contributed by atoms with Gasteiger partial charge in [-0.1, -0.05) is 31.5 Å².